The van der Waals surface area contributed by atoms with E-state index in [1.807, 2.05) is 0 Å². The van der Waals surface area contributed by atoms with E-state index < -0.39 is 0 Å². The van der Waals surface area contributed by atoms with Gasteiger partial charge in [-0.3, -0.25) is 0 Å². The fourth-order valence-corrected chi connectivity index (χ4v) is 0. The SMILES string of the molecule is CC(C)=C(C)C.N. The first-order valence-corrected chi connectivity index (χ1v) is 2.25. The molecule has 7 heavy (non-hydrogen) atoms. The molecular formula is C6H15N. The van der Waals surface area contributed by atoms with E-state index in [9.17, 15) is 0 Å². The first kappa shape index (κ1) is 9.85. The standard InChI is InChI=1S/C6H12.H3N/c1-5(2)6(3)4;/h1-4H3;1H3. The summed E-state index contributed by atoms with van der Waals surface area (Å²) < 4.78 is 0. The summed E-state index contributed by atoms with van der Waals surface area (Å²) in [5.41, 5.74) is 2.85. The van der Waals surface area contributed by atoms with Gasteiger partial charge >= 0.3 is 0 Å². The summed E-state index contributed by atoms with van der Waals surface area (Å²) in [7, 11) is 0. The minimum atomic E-state index is 0. The smallest absolute Gasteiger partial charge is 0.0440 e. The Morgan fingerprint density at radius 3 is 0.857 bits per heavy atom. The van der Waals surface area contributed by atoms with Gasteiger partial charge in [-0.2, -0.15) is 0 Å². The lowest BCUT2D eigenvalue weighted by atomic mass is 10.2. The van der Waals surface area contributed by atoms with Crippen molar-refractivity contribution in [2.24, 2.45) is 0 Å². The highest BCUT2D eigenvalue weighted by Gasteiger charge is 1.75. The molecule has 0 saturated heterocycles. The highest BCUT2D eigenvalue weighted by molar-refractivity contribution is 5.02. The molecule has 0 aliphatic heterocycles. The van der Waals surface area contributed by atoms with Gasteiger partial charge in [0.25, 0.3) is 0 Å². The molecular weight excluding hydrogens is 86.1 g/mol. The van der Waals surface area contributed by atoms with Gasteiger partial charge in [-0.05, 0) is 27.7 Å². The summed E-state index contributed by atoms with van der Waals surface area (Å²) in [5, 5.41) is 0. The molecule has 0 spiro atoms. The van der Waals surface area contributed by atoms with Crippen molar-refractivity contribution in [3.8, 4) is 0 Å². The average Bonchev–Trinajstić information content (AvgIpc) is 1.36. The lowest BCUT2D eigenvalue weighted by molar-refractivity contribution is 1.23. The van der Waals surface area contributed by atoms with E-state index in [0.29, 0.717) is 0 Å². The second-order valence-electron chi connectivity index (χ2n) is 2.00. The highest BCUT2D eigenvalue weighted by Crippen LogP contribution is 1.96. The summed E-state index contributed by atoms with van der Waals surface area (Å²) in [6.45, 7) is 8.48. The van der Waals surface area contributed by atoms with Crippen molar-refractivity contribution in [1.82, 2.24) is 6.15 Å². The number of rotatable bonds is 0. The Hall–Kier alpha value is -0.300. The van der Waals surface area contributed by atoms with Gasteiger partial charge in [0.15, 0.2) is 0 Å². The van der Waals surface area contributed by atoms with E-state index in [4.69, 9.17) is 0 Å². The molecule has 0 atom stereocenters. The molecule has 0 amide bonds. The van der Waals surface area contributed by atoms with Crippen molar-refractivity contribution < 1.29 is 0 Å². The Bertz CT molecular complexity index is 54.2. The Labute approximate surface area is 46.0 Å². The van der Waals surface area contributed by atoms with Crippen LogP contribution in [0.3, 0.4) is 0 Å². The van der Waals surface area contributed by atoms with Crippen LogP contribution < -0.4 is 6.15 Å². The van der Waals surface area contributed by atoms with Crippen molar-refractivity contribution in [1.29, 1.82) is 0 Å². The van der Waals surface area contributed by atoms with Crippen LogP contribution in [0, 0.1) is 0 Å². The van der Waals surface area contributed by atoms with Gasteiger partial charge in [0, 0.05) is 0 Å². The van der Waals surface area contributed by atoms with Crippen molar-refractivity contribution in [2.75, 3.05) is 0 Å². The summed E-state index contributed by atoms with van der Waals surface area (Å²) in [6, 6.07) is 0. The first-order valence-electron chi connectivity index (χ1n) is 2.25. The van der Waals surface area contributed by atoms with E-state index in [0.717, 1.165) is 0 Å². The summed E-state index contributed by atoms with van der Waals surface area (Å²) >= 11 is 0. The van der Waals surface area contributed by atoms with Gasteiger partial charge in [0.05, 0.1) is 0 Å². The Balaban J connectivity index is 0. The Morgan fingerprint density at radius 1 is 0.714 bits per heavy atom. The summed E-state index contributed by atoms with van der Waals surface area (Å²) in [5.74, 6) is 0. The largest absolute Gasteiger partial charge is 0.344 e. The third-order valence-corrected chi connectivity index (χ3v) is 1.00. The van der Waals surface area contributed by atoms with Crippen LogP contribution in [0.25, 0.3) is 0 Å². The molecule has 0 aliphatic rings. The van der Waals surface area contributed by atoms with Crippen molar-refractivity contribution >= 4 is 0 Å². The van der Waals surface area contributed by atoms with Crippen LogP contribution in [0.1, 0.15) is 27.7 Å². The minimum absolute atomic E-state index is 0. The lowest BCUT2D eigenvalue weighted by Crippen LogP contribution is -1.66. The molecule has 0 saturated carbocycles. The predicted molar refractivity (Wildman–Crippen MR) is 34.7 cm³/mol. The molecule has 0 aliphatic carbocycles. The van der Waals surface area contributed by atoms with Crippen molar-refractivity contribution in [3.05, 3.63) is 11.1 Å². The van der Waals surface area contributed by atoms with Crippen LogP contribution in [0.5, 0.6) is 0 Å². The van der Waals surface area contributed by atoms with Crippen molar-refractivity contribution in [2.45, 2.75) is 27.7 Å². The molecule has 0 aromatic carbocycles. The zero-order chi connectivity index (χ0) is 5.15. The number of hydrogen-bond acceptors (Lipinski definition) is 1. The van der Waals surface area contributed by atoms with Crippen molar-refractivity contribution in [3.63, 3.8) is 0 Å². The van der Waals surface area contributed by atoms with E-state index in [1.165, 1.54) is 11.1 Å². The third-order valence-electron chi connectivity index (χ3n) is 1.00. The van der Waals surface area contributed by atoms with Crippen LogP contribution >= 0.6 is 0 Å². The van der Waals surface area contributed by atoms with Crippen LogP contribution in [0.2, 0.25) is 0 Å². The molecule has 1 nitrogen and oxygen atoms in total. The average molecular weight is 101 g/mol. The predicted octanol–water partition coefficient (Wildman–Crippen LogP) is 2.52. The molecule has 1 heteroatoms. The van der Waals surface area contributed by atoms with E-state index >= 15 is 0 Å². The zero-order valence-corrected chi connectivity index (χ0v) is 5.71. The fraction of sp³-hybridized carbons (Fsp3) is 0.667. The Kier molecular flexibility index (Phi) is 5.46. The van der Waals surface area contributed by atoms with Gasteiger partial charge in [0.1, 0.15) is 0 Å². The minimum Gasteiger partial charge on any atom is -0.344 e. The monoisotopic (exact) mass is 101 g/mol. The lowest BCUT2D eigenvalue weighted by Gasteiger charge is -1.88. The highest BCUT2D eigenvalue weighted by atomic mass is 14.0. The molecule has 0 heterocycles. The van der Waals surface area contributed by atoms with Crippen LogP contribution in [-0.4, -0.2) is 0 Å². The normalized spacial score (nSPS) is 6.86. The van der Waals surface area contributed by atoms with E-state index in [-0.39, 0.29) is 6.15 Å². The molecule has 0 unspecified atom stereocenters. The molecule has 0 rings (SSSR count). The topological polar surface area (TPSA) is 35.0 Å². The Morgan fingerprint density at radius 2 is 0.857 bits per heavy atom. The van der Waals surface area contributed by atoms with Crippen LogP contribution in [0.15, 0.2) is 11.1 Å². The molecule has 0 aromatic rings. The van der Waals surface area contributed by atoms with E-state index in [2.05, 4.69) is 27.7 Å². The van der Waals surface area contributed by atoms with Gasteiger partial charge in [0.2, 0.25) is 0 Å². The zero-order valence-electron chi connectivity index (χ0n) is 5.71. The molecule has 0 radical (unpaired) electrons. The van der Waals surface area contributed by atoms with Gasteiger partial charge in [-0.1, -0.05) is 11.1 Å². The maximum absolute atomic E-state index is 2.12. The van der Waals surface area contributed by atoms with Gasteiger partial charge in [-0.15, -0.1) is 0 Å². The maximum atomic E-state index is 2.12. The molecule has 0 fully saturated rings. The second-order valence-corrected chi connectivity index (χ2v) is 2.00. The van der Waals surface area contributed by atoms with E-state index in [1.54, 1.807) is 0 Å². The molecule has 44 valence electrons. The van der Waals surface area contributed by atoms with Gasteiger partial charge < -0.3 is 6.15 Å². The van der Waals surface area contributed by atoms with Crippen LogP contribution in [-0.2, 0) is 0 Å². The second kappa shape index (κ2) is 3.88. The molecule has 0 bridgehead atoms. The third kappa shape index (κ3) is 5.70. The van der Waals surface area contributed by atoms with Gasteiger partial charge in [-0.25, -0.2) is 0 Å². The fourth-order valence-electron chi connectivity index (χ4n) is 0. The quantitative estimate of drug-likeness (QED) is 0.467. The van der Waals surface area contributed by atoms with Crippen LogP contribution in [0.4, 0.5) is 0 Å². The number of allylic oxidation sites excluding steroid dienone is 2. The maximum Gasteiger partial charge on any atom is -0.0440 e. The molecule has 0 aromatic heterocycles. The number of hydrogen-bond donors (Lipinski definition) is 1. The molecule has 3 N–H and O–H groups in total. The summed E-state index contributed by atoms with van der Waals surface area (Å²) in [4.78, 5) is 0. The summed E-state index contributed by atoms with van der Waals surface area (Å²) in [6.07, 6.45) is 0. The first-order chi connectivity index (χ1) is 2.64.